The monoisotopic (exact) mass is 368 g/mol. The third-order valence-electron chi connectivity index (χ3n) is 3.93. The molecule has 3 nitrogen and oxygen atoms in total. The van der Waals surface area contributed by atoms with Crippen molar-refractivity contribution in [2.45, 2.75) is 32.7 Å². The third kappa shape index (κ3) is 8.06. The summed E-state index contributed by atoms with van der Waals surface area (Å²) in [5, 5.41) is 0. The van der Waals surface area contributed by atoms with Gasteiger partial charge < -0.3 is 14.6 Å². The Bertz CT molecular complexity index is 422. The van der Waals surface area contributed by atoms with Crippen LogP contribution < -0.4 is 0 Å². The first kappa shape index (κ1) is 19.3. The maximum absolute atomic E-state index is 11.2. The van der Waals surface area contributed by atoms with Gasteiger partial charge in [-0.1, -0.05) is 35.0 Å². The van der Waals surface area contributed by atoms with E-state index in [-0.39, 0.29) is 5.92 Å². The lowest BCUT2D eigenvalue weighted by Gasteiger charge is -2.21. The van der Waals surface area contributed by atoms with E-state index in [0.717, 1.165) is 56.2 Å². The lowest BCUT2D eigenvalue weighted by Crippen LogP contribution is -2.25. The average Bonchev–Trinajstić information content (AvgIpc) is 2.50. The van der Waals surface area contributed by atoms with Gasteiger partial charge in [-0.25, -0.2) is 0 Å². The van der Waals surface area contributed by atoms with Crippen molar-refractivity contribution in [2.24, 2.45) is 5.92 Å². The molecule has 1 aromatic carbocycles. The Morgan fingerprint density at radius 1 is 1.05 bits per heavy atom. The first-order valence-corrected chi connectivity index (χ1v) is 8.91. The van der Waals surface area contributed by atoms with Crippen LogP contribution in [0.5, 0.6) is 0 Å². The zero-order chi connectivity index (χ0) is 16.4. The van der Waals surface area contributed by atoms with E-state index in [9.17, 15) is 4.79 Å². The molecule has 0 spiro atoms. The lowest BCUT2D eigenvalue weighted by molar-refractivity contribution is -0.111. The molecule has 0 N–H and O–H groups in total. The smallest absolute Gasteiger partial charge is 0.123 e. The number of rotatable bonds is 11. The second-order valence-corrected chi connectivity index (χ2v) is 7.06. The number of aldehydes is 1. The quantitative estimate of drug-likeness (QED) is 0.554. The molecule has 1 unspecified atom stereocenters. The summed E-state index contributed by atoms with van der Waals surface area (Å²) in [5.74, 6) is 0.173. The van der Waals surface area contributed by atoms with E-state index in [1.54, 1.807) is 0 Å². The molecule has 22 heavy (non-hydrogen) atoms. The number of carbonyl (C=O) groups is 1. The summed E-state index contributed by atoms with van der Waals surface area (Å²) in [4.78, 5) is 15.8. The Morgan fingerprint density at radius 2 is 1.64 bits per heavy atom. The van der Waals surface area contributed by atoms with Gasteiger partial charge in [-0.15, -0.1) is 0 Å². The van der Waals surface area contributed by atoms with E-state index in [1.807, 2.05) is 0 Å². The van der Waals surface area contributed by atoms with Crippen molar-refractivity contribution in [3.63, 3.8) is 0 Å². The van der Waals surface area contributed by atoms with Crippen LogP contribution in [0.2, 0.25) is 0 Å². The zero-order valence-electron chi connectivity index (χ0n) is 14.1. The van der Waals surface area contributed by atoms with Crippen LogP contribution >= 0.6 is 15.9 Å². The molecule has 4 heteroatoms. The van der Waals surface area contributed by atoms with Crippen molar-refractivity contribution in [1.82, 2.24) is 9.80 Å². The molecule has 0 aliphatic rings. The Hall–Kier alpha value is -0.710. The summed E-state index contributed by atoms with van der Waals surface area (Å²) in [6.45, 7) is 6.18. The summed E-state index contributed by atoms with van der Waals surface area (Å²) in [5.41, 5.74) is 1.30. The zero-order valence-corrected chi connectivity index (χ0v) is 15.7. The van der Waals surface area contributed by atoms with E-state index in [4.69, 9.17) is 0 Å². The maximum atomic E-state index is 11.2. The number of carbonyl (C=O) groups excluding carboxylic acids is 1. The minimum atomic E-state index is 0.173. The molecule has 1 atom stereocenters. The molecule has 0 heterocycles. The lowest BCUT2D eigenvalue weighted by atomic mass is 10.0. The summed E-state index contributed by atoms with van der Waals surface area (Å²) >= 11 is 3.45. The van der Waals surface area contributed by atoms with Crippen molar-refractivity contribution in [3.8, 4) is 0 Å². The highest BCUT2D eigenvalue weighted by molar-refractivity contribution is 9.10. The Labute approximate surface area is 143 Å². The predicted molar refractivity (Wildman–Crippen MR) is 97.1 cm³/mol. The van der Waals surface area contributed by atoms with Crippen molar-refractivity contribution in [1.29, 1.82) is 0 Å². The molecule has 0 radical (unpaired) electrons. The van der Waals surface area contributed by atoms with Gasteiger partial charge >= 0.3 is 0 Å². The normalized spacial score (nSPS) is 12.8. The summed E-state index contributed by atoms with van der Waals surface area (Å²) in [6, 6.07) is 8.41. The van der Waals surface area contributed by atoms with Gasteiger partial charge in [-0.3, -0.25) is 0 Å². The molecule has 0 saturated heterocycles. The van der Waals surface area contributed by atoms with Gasteiger partial charge in [0.15, 0.2) is 0 Å². The second-order valence-electron chi connectivity index (χ2n) is 6.14. The van der Waals surface area contributed by atoms with Crippen molar-refractivity contribution < 1.29 is 4.79 Å². The molecule has 0 fully saturated rings. The Balaban J connectivity index is 2.29. The summed E-state index contributed by atoms with van der Waals surface area (Å²) in [7, 11) is 4.25. The van der Waals surface area contributed by atoms with Gasteiger partial charge in [0, 0.05) is 16.9 Å². The van der Waals surface area contributed by atoms with E-state index < -0.39 is 0 Å². The SMILES string of the molecule is CCCN(C)CCC(C=O)CCN(C)Cc1ccc(Br)cc1. The van der Waals surface area contributed by atoms with Crippen LogP contribution in [0.15, 0.2) is 28.7 Å². The van der Waals surface area contributed by atoms with E-state index in [2.05, 4.69) is 71.0 Å². The third-order valence-corrected chi connectivity index (χ3v) is 4.46. The average molecular weight is 369 g/mol. The van der Waals surface area contributed by atoms with Crippen LogP contribution in [0, 0.1) is 5.92 Å². The summed E-state index contributed by atoms with van der Waals surface area (Å²) in [6.07, 6.45) is 4.20. The van der Waals surface area contributed by atoms with Crippen LogP contribution in [0.1, 0.15) is 31.7 Å². The predicted octanol–water partition coefficient (Wildman–Crippen LogP) is 3.82. The first-order valence-electron chi connectivity index (χ1n) is 8.12. The first-order chi connectivity index (χ1) is 10.5. The number of nitrogens with zero attached hydrogens (tertiary/aromatic N) is 2. The molecule has 0 bridgehead atoms. The minimum Gasteiger partial charge on any atom is -0.306 e. The molecule has 0 saturated carbocycles. The topological polar surface area (TPSA) is 23.6 Å². The van der Waals surface area contributed by atoms with Crippen molar-refractivity contribution in [3.05, 3.63) is 34.3 Å². The molecule has 124 valence electrons. The standard InChI is InChI=1S/C18H29BrN2O/c1-4-11-20(2)12-9-17(15-22)10-13-21(3)14-16-5-7-18(19)8-6-16/h5-8,15,17H,4,9-14H2,1-3H3. The van der Waals surface area contributed by atoms with Crippen molar-refractivity contribution in [2.75, 3.05) is 33.7 Å². The van der Waals surface area contributed by atoms with Crippen molar-refractivity contribution >= 4 is 22.2 Å². The van der Waals surface area contributed by atoms with Crippen LogP contribution in [0.3, 0.4) is 0 Å². The molecule has 0 aromatic heterocycles. The van der Waals surface area contributed by atoms with Gasteiger partial charge in [0.1, 0.15) is 6.29 Å². The van der Waals surface area contributed by atoms with Gasteiger partial charge in [0.05, 0.1) is 0 Å². The largest absolute Gasteiger partial charge is 0.306 e. The van der Waals surface area contributed by atoms with Gasteiger partial charge in [-0.2, -0.15) is 0 Å². The summed E-state index contributed by atoms with van der Waals surface area (Å²) < 4.78 is 1.11. The maximum Gasteiger partial charge on any atom is 0.123 e. The highest BCUT2D eigenvalue weighted by Gasteiger charge is 2.10. The number of benzene rings is 1. The Kier molecular flexibility index (Phi) is 9.60. The molecule has 1 rings (SSSR count). The van der Waals surface area contributed by atoms with E-state index >= 15 is 0 Å². The van der Waals surface area contributed by atoms with E-state index in [1.165, 1.54) is 5.56 Å². The number of hydrogen-bond acceptors (Lipinski definition) is 3. The minimum absolute atomic E-state index is 0.173. The van der Waals surface area contributed by atoms with Gasteiger partial charge in [0.2, 0.25) is 0 Å². The molecule has 1 aromatic rings. The number of hydrogen-bond donors (Lipinski definition) is 0. The molecular weight excluding hydrogens is 340 g/mol. The fraction of sp³-hybridized carbons (Fsp3) is 0.611. The fourth-order valence-corrected chi connectivity index (χ4v) is 2.79. The van der Waals surface area contributed by atoms with Gasteiger partial charge in [0.25, 0.3) is 0 Å². The Morgan fingerprint density at radius 3 is 2.18 bits per heavy atom. The highest BCUT2D eigenvalue weighted by atomic mass is 79.9. The number of halogens is 1. The van der Waals surface area contributed by atoms with Gasteiger partial charge in [-0.05, 0) is 70.7 Å². The molecule has 0 aliphatic carbocycles. The highest BCUT2D eigenvalue weighted by Crippen LogP contribution is 2.13. The van der Waals surface area contributed by atoms with Crippen LogP contribution in [0.25, 0.3) is 0 Å². The molecular formula is C18H29BrN2O. The molecule has 0 aliphatic heterocycles. The molecule has 0 amide bonds. The van der Waals surface area contributed by atoms with Crippen LogP contribution in [-0.2, 0) is 11.3 Å². The second kappa shape index (κ2) is 10.9. The fourth-order valence-electron chi connectivity index (χ4n) is 2.53. The van der Waals surface area contributed by atoms with Crippen LogP contribution in [-0.4, -0.2) is 49.8 Å². The van der Waals surface area contributed by atoms with Crippen LogP contribution in [0.4, 0.5) is 0 Å². The van der Waals surface area contributed by atoms with E-state index in [0.29, 0.717) is 0 Å².